The van der Waals surface area contributed by atoms with Crippen molar-refractivity contribution in [1.82, 2.24) is 5.32 Å². The molecule has 0 spiro atoms. The highest BCUT2D eigenvalue weighted by Gasteiger charge is 2.00. The van der Waals surface area contributed by atoms with Gasteiger partial charge in [-0.3, -0.25) is 4.79 Å². The van der Waals surface area contributed by atoms with Gasteiger partial charge in [-0.25, -0.2) is 0 Å². The summed E-state index contributed by atoms with van der Waals surface area (Å²) >= 11 is 5.36. The van der Waals surface area contributed by atoms with E-state index in [4.69, 9.17) is 22.8 Å². The van der Waals surface area contributed by atoms with Crippen molar-refractivity contribution in [3.05, 3.63) is 29.8 Å². The van der Waals surface area contributed by atoms with Crippen molar-refractivity contribution in [2.75, 3.05) is 12.5 Å². The minimum absolute atomic E-state index is 0.0344. The minimum atomic E-state index is -0.198. The lowest BCUT2D eigenvalue weighted by Gasteiger charge is -2.06. The van der Waals surface area contributed by atoms with Crippen molar-refractivity contribution < 1.29 is 9.53 Å². The van der Waals surface area contributed by atoms with Crippen LogP contribution in [-0.2, 0) is 11.3 Å². The second kappa shape index (κ2) is 6.76. The lowest BCUT2D eigenvalue weighted by Crippen LogP contribution is -2.23. The van der Waals surface area contributed by atoms with Gasteiger partial charge in [0.2, 0.25) is 5.91 Å². The highest BCUT2D eigenvalue weighted by atomic mass is 35.5. The molecule has 1 N–H and O–H groups in total. The highest BCUT2D eigenvalue weighted by molar-refractivity contribution is 6.27. The molecule has 0 bridgehead atoms. The molecule has 16 heavy (non-hydrogen) atoms. The summed E-state index contributed by atoms with van der Waals surface area (Å²) in [5.74, 6) is 2.84. The fourth-order valence-corrected chi connectivity index (χ4v) is 1.21. The van der Waals surface area contributed by atoms with Crippen molar-refractivity contribution in [2.45, 2.75) is 6.54 Å². The van der Waals surface area contributed by atoms with Crippen LogP contribution in [0.5, 0.6) is 5.75 Å². The van der Waals surface area contributed by atoms with E-state index < -0.39 is 0 Å². The first kappa shape index (κ1) is 12.4. The molecule has 0 aliphatic heterocycles. The molecular formula is C12H12ClNO2. The summed E-state index contributed by atoms with van der Waals surface area (Å²) in [7, 11) is 0. The zero-order valence-corrected chi connectivity index (χ0v) is 9.46. The van der Waals surface area contributed by atoms with Crippen molar-refractivity contribution in [3.63, 3.8) is 0 Å². The summed E-state index contributed by atoms with van der Waals surface area (Å²) in [5.41, 5.74) is 0.938. The second-order valence-electron chi connectivity index (χ2n) is 3.05. The Morgan fingerprint density at radius 2 is 2.38 bits per heavy atom. The van der Waals surface area contributed by atoms with Crippen LogP contribution < -0.4 is 10.1 Å². The number of ether oxygens (including phenoxy) is 1. The van der Waals surface area contributed by atoms with Crippen LogP contribution in [0.15, 0.2) is 24.3 Å². The standard InChI is InChI=1S/C12H12ClNO2/c1-2-6-16-11-5-3-4-10(7-11)9-14-12(15)8-13/h1,3-5,7H,6,8-9H2,(H,14,15). The zero-order chi connectivity index (χ0) is 11.8. The van der Waals surface area contributed by atoms with Crippen LogP contribution >= 0.6 is 11.6 Å². The highest BCUT2D eigenvalue weighted by Crippen LogP contribution is 2.12. The summed E-state index contributed by atoms with van der Waals surface area (Å²) in [6, 6.07) is 7.36. The van der Waals surface area contributed by atoms with Gasteiger partial charge in [0.1, 0.15) is 18.2 Å². The van der Waals surface area contributed by atoms with Crippen molar-refractivity contribution >= 4 is 17.5 Å². The van der Waals surface area contributed by atoms with Crippen LogP contribution in [0.3, 0.4) is 0 Å². The third kappa shape index (κ3) is 4.24. The third-order valence-electron chi connectivity index (χ3n) is 1.83. The van der Waals surface area contributed by atoms with Crippen molar-refractivity contribution in [3.8, 4) is 18.1 Å². The average molecular weight is 238 g/mol. The number of halogens is 1. The molecule has 3 nitrogen and oxygen atoms in total. The third-order valence-corrected chi connectivity index (χ3v) is 2.07. The predicted molar refractivity (Wildman–Crippen MR) is 63.3 cm³/mol. The van der Waals surface area contributed by atoms with E-state index in [1.54, 1.807) is 0 Å². The van der Waals surface area contributed by atoms with Crippen LogP contribution in [0.1, 0.15) is 5.56 Å². The molecule has 4 heteroatoms. The Morgan fingerprint density at radius 1 is 1.56 bits per heavy atom. The predicted octanol–water partition coefficient (Wildman–Crippen LogP) is 1.55. The van der Waals surface area contributed by atoms with E-state index >= 15 is 0 Å². The van der Waals surface area contributed by atoms with Gasteiger partial charge >= 0.3 is 0 Å². The van der Waals surface area contributed by atoms with E-state index in [0.717, 1.165) is 5.56 Å². The molecule has 1 rings (SSSR count). The summed E-state index contributed by atoms with van der Waals surface area (Å²) in [6.07, 6.45) is 5.08. The summed E-state index contributed by atoms with van der Waals surface area (Å²) in [4.78, 5) is 10.9. The molecule has 0 aliphatic carbocycles. The molecule has 0 aliphatic rings. The maximum atomic E-state index is 10.9. The normalized spacial score (nSPS) is 9.25. The lowest BCUT2D eigenvalue weighted by molar-refractivity contribution is -0.118. The molecule has 0 aromatic heterocycles. The fraction of sp³-hybridized carbons (Fsp3) is 0.250. The maximum absolute atomic E-state index is 10.9. The van der Waals surface area contributed by atoms with Gasteiger partial charge in [0, 0.05) is 6.54 Å². The van der Waals surface area contributed by atoms with Crippen LogP contribution in [0, 0.1) is 12.3 Å². The molecular weight excluding hydrogens is 226 g/mol. The number of carbonyl (C=O) groups excluding carboxylic acids is 1. The van der Waals surface area contributed by atoms with Gasteiger partial charge in [-0.1, -0.05) is 18.1 Å². The van der Waals surface area contributed by atoms with Gasteiger partial charge in [0.15, 0.2) is 0 Å². The van der Waals surface area contributed by atoms with Crippen LogP contribution in [0.25, 0.3) is 0 Å². The van der Waals surface area contributed by atoms with E-state index in [2.05, 4.69) is 11.2 Å². The Labute approximate surface area is 99.7 Å². The SMILES string of the molecule is C#CCOc1cccc(CNC(=O)CCl)c1. The van der Waals surface area contributed by atoms with Crippen LogP contribution in [0.2, 0.25) is 0 Å². The first-order valence-corrected chi connectivity index (χ1v) is 5.27. The summed E-state index contributed by atoms with van der Waals surface area (Å²) < 4.78 is 5.25. The number of hydrogen-bond acceptors (Lipinski definition) is 2. The van der Waals surface area contributed by atoms with E-state index in [-0.39, 0.29) is 18.4 Å². The Bertz CT molecular complexity index is 398. The van der Waals surface area contributed by atoms with E-state index in [1.165, 1.54) is 0 Å². The fourth-order valence-electron chi connectivity index (χ4n) is 1.12. The van der Waals surface area contributed by atoms with Crippen LogP contribution in [-0.4, -0.2) is 18.4 Å². The number of amides is 1. The minimum Gasteiger partial charge on any atom is -0.481 e. The Balaban J connectivity index is 2.54. The number of benzene rings is 1. The number of carbonyl (C=O) groups is 1. The summed E-state index contributed by atoms with van der Waals surface area (Å²) in [6.45, 7) is 0.663. The molecule has 0 unspecified atom stereocenters. The molecule has 0 saturated carbocycles. The number of terminal acetylenes is 1. The Morgan fingerprint density at radius 3 is 3.06 bits per heavy atom. The maximum Gasteiger partial charge on any atom is 0.235 e. The average Bonchev–Trinajstić information content (AvgIpc) is 2.34. The van der Waals surface area contributed by atoms with E-state index in [9.17, 15) is 4.79 Å². The quantitative estimate of drug-likeness (QED) is 0.624. The zero-order valence-electron chi connectivity index (χ0n) is 8.70. The van der Waals surface area contributed by atoms with Gasteiger partial charge < -0.3 is 10.1 Å². The van der Waals surface area contributed by atoms with Crippen molar-refractivity contribution in [2.24, 2.45) is 0 Å². The second-order valence-corrected chi connectivity index (χ2v) is 3.32. The van der Waals surface area contributed by atoms with Crippen LogP contribution in [0.4, 0.5) is 0 Å². The topological polar surface area (TPSA) is 38.3 Å². The molecule has 1 amide bonds. The molecule has 0 heterocycles. The molecule has 1 aromatic carbocycles. The molecule has 0 atom stereocenters. The number of hydrogen-bond donors (Lipinski definition) is 1. The van der Waals surface area contributed by atoms with Gasteiger partial charge in [-0.15, -0.1) is 18.0 Å². The molecule has 1 aromatic rings. The smallest absolute Gasteiger partial charge is 0.235 e. The molecule has 0 radical (unpaired) electrons. The lowest BCUT2D eigenvalue weighted by atomic mass is 10.2. The first-order chi connectivity index (χ1) is 7.76. The largest absolute Gasteiger partial charge is 0.481 e. The molecule has 0 saturated heterocycles. The van der Waals surface area contributed by atoms with Gasteiger partial charge in [0.25, 0.3) is 0 Å². The van der Waals surface area contributed by atoms with E-state index in [0.29, 0.717) is 12.3 Å². The monoisotopic (exact) mass is 237 g/mol. The van der Waals surface area contributed by atoms with Gasteiger partial charge in [-0.05, 0) is 17.7 Å². The first-order valence-electron chi connectivity index (χ1n) is 4.74. The Hall–Kier alpha value is -1.66. The van der Waals surface area contributed by atoms with E-state index in [1.807, 2.05) is 24.3 Å². The number of alkyl halides is 1. The van der Waals surface area contributed by atoms with Gasteiger partial charge in [0.05, 0.1) is 0 Å². The number of rotatable bonds is 5. The van der Waals surface area contributed by atoms with Gasteiger partial charge in [-0.2, -0.15) is 0 Å². The summed E-state index contributed by atoms with van der Waals surface area (Å²) in [5, 5.41) is 2.67. The molecule has 0 fully saturated rings. The Kier molecular flexibility index (Phi) is 5.24. The number of nitrogens with one attached hydrogen (secondary N) is 1. The molecule has 84 valence electrons. The van der Waals surface area contributed by atoms with Crippen molar-refractivity contribution in [1.29, 1.82) is 0 Å².